The van der Waals surface area contributed by atoms with Gasteiger partial charge in [0, 0.05) is 16.3 Å². The van der Waals surface area contributed by atoms with E-state index in [1.54, 1.807) is 54.3 Å². The standard InChI is InChI=1S/C23H17Cl2FN2O2S/c1-13-19(26)6-3-7-20(13)28-21(29)12-31-23(28)14-4-2-5-16(10-14)27-22(30)17-9-8-15(24)11-18(17)25/h2-11,23H,12H2,1H3,(H,27,30)/t23-/m1/s1. The average Bonchev–Trinajstić information content (AvgIpc) is 3.11. The summed E-state index contributed by atoms with van der Waals surface area (Å²) in [4.78, 5) is 26.9. The molecule has 1 saturated heterocycles. The highest BCUT2D eigenvalue weighted by Gasteiger charge is 2.35. The molecule has 4 nitrogen and oxygen atoms in total. The summed E-state index contributed by atoms with van der Waals surface area (Å²) in [5.74, 6) is -0.530. The number of amides is 2. The number of carbonyl (C=O) groups excluding carboxylic acids is 2. The molecule has 0 radical (unpaired) electrons. The first-order valence-electron chi connectivity index (χ1n) is 9.40. The Labute approximate surface area is 193 Å². The van der Waals surface area contributed by atoms with Crippen molar-refractivity contribution in [1.29, 1.82) is 0 Å². The summed E-state index contributed by atoms with van der Waals surface area (Å²) in [5.41, 5.74) is 2.65. The molecule has 1 atom stereocenters. The van der Waals surface area contributed by atoms with E-state index in [-0.39, 0.29) is 33.8 Å². The lowest BCUT2D eigenvalue weighted by molar-refractivity contribution is -0.115. The van der Waals surface area contributed by atoms with E-state index in [0.717, 1.165) is 5.56 Å². The van der Waals surface area contributed by atoms with Gasteiger partial charge in [-0.05, 0) is 55.0 Å². The molecule has 0 spiro atoms. The Bertz CT molecular complexity index is 1190. The molecule has 1 aliphatic heterocycles. The van der Waals surface area contributed by atoms with Crippen LogP contribution in [0.25, 0.3) is 0 Å². The second-order valence-electron chi connectivity index (χ2n) is 7.01. The van der Waals surface area contributed by atoms with E-state index >= 15 is 0 Å². The van der Waals surface area contributed by atoms with Crippen LogP contribution in [0.5, 0.6) is 0 Å². The van der Waals surface area contributed by atoms with Gasteiger partial charge in [-0.2, -0.15) is 0 Å². The second kappa shape index (κ2) is 8.91. The number of thioether (sulfide) groups is 1. The zero-order valence-electron chi connectivity index (χ0n) is 16.4. The van der Waals surface area contributed by atoms with Crippen LogP contribution >= 0.6 is 35.0 Å². The number of hydrogen-bond donors (Lipinski definition) is 1. The maximum absolute atomic E-state index is 14.1. The lowest BCUT2D eigenvalue weighted by atomic mass is 10.1. The number of rotatable bonds is 4. The molecule has 1 fully saturated rings. The number of nitrogens with one attached hydrogen (secondary N) is 1. The van der Waals surface area contributed by atoms with Crippen molar-refractivity contribution in [2.24, 2.45) is 0 Å². The fourth-order valence-corrected chi connectivity index (χ4v) is 5.08. The van der Waals surface area contributed by atoms with Crippen LogP contribution in [0.2, 0.25) is 10.0 Å². The van der Waals surface area contributed by atoms with Gasteiger partial charge in [-0.1, -0.05) is 41.4 Å². The minimum absolute atomic E-state index is 0.0916. The summed E-state index contributed by atoms with van der Waals surface area (Å²) in [7, 11) is 0. The van der Waals surface area contributed by atoms with Crippen LogP contribution < -0.4 is 10.2 Å². The van der Waals surface area contributed by atoms with Crippen molar-refractivity contribution in [3.05, 3.63) is 93.2 Å². The molecule has 3 aromatic rings. The molecule has 8 heteroatoms. The molecule has 1 N–H and O–H groups in total. The molecule has 0 aromatic heterocycles. The van der Waals surface area contributed by atoms with Crippen molar-refractivity contribution >= 4 is 58.2 Å². The highest BCUT2D eigenvalue weighted by atomic mass is 35.5. The molecule has 0 bridgehead atoms. The average molecular weight is 475 g/mol. The smallest absolute Gasteiger partial charge is 0.257 e. The van der Waals surface area contributed by atoms with Crippen LogP contribution in [0.4, 0.5) is 15.8 Å². The summed E-state index contributed by atoms with van der Waals surface area (Å²) in [5, 5.41) is 3.20. The first-order chi connectivity index (χ1) is 14.8. The lowest BCUT2D eigenvalue weighted by Crippen LogP contribution is -2.28. The molecule has 31 heavy (non-hydrogen) atoms. The predicted octanol–water partition coefficient (Wildman–Crippen LogP) is 6.47. The summed E-state index contributed by atoms with van der Waals surface area (Å²) in [6.07, 6.45) is 0. The van der Waals surface area contributed by atoms with Crippen LogP contribution in [0.15, 0.2) is 60.7 Å². The number of benzene rings is 3. The third-order valence-electron chi connectivity index (χ3n) is 4.97. The number of carbonyl (C=O) groups is 2. The van der Waals surface area contributed by atoms with E-state index in [1.807, 2.05) is 6.07 Å². The molecule has 0 aliphatic carbocycles. The van der Waals surface area contributed by atoms with Crippen molar-refractivity contribution < 1.29 is 14.0 Å². The third-order valence-corrected chi connectivity index (χ3v) is 6.73. The summed E-state index contributed by atoms with van der Waals surface area (Å²) in [6, 6.07) is 16.6. The minimum Gasteiger partial charge on any atom is -0.322 e. The third kappa shape index (κ3) is 4.42. The van der Waals surface area contributed by atoms with Gasteiger partial charge in [-0.15, -0.1) is 11.8 Å². The monoisotopic (exact) mass is 474 g/mol. The SMILES string of the molecule is Cc1c(F)cccc1N1C(=O)CS[C@@H]1c1cccc(NC(=O)c2ccc(Cl)cc2Cl)c1. The Kier molecular flexibility index (Phi) is 6.23. The summed E-state index contributed by atoms with van der Waals surface area (Å²) < 4.78 is 14.1. The molecule has 0 saturated carbocycles. The van der Waals surface area contributed by atoms with Gasteiger partial charge in [-0.3, -0.25) is 14.5 Å². The van der Waals surface area contributed by atoms with Crippen molar-refractivity contribution in [3.8, 4) is 0 Å². The first kappa shape index (κ1) is 21.7. The Morgan fingerprint density at radius 1 is 1.13 bits per heavy atom. The Morgan fingerprint density at radius 2 is 1.90 bits per heavy atom. The normalized spacial score (nSPS) is 15.9. The molecule has 158 valence electrons. The van der Waals surface area contributed by atoms with E-state index in [2.05, 4.69) is 5.32 Å². The molecule has 4 rings (SSSR count). The van der Waals surface area contributed by atoms with Crippen LogP contribution in [0, 0.1) is 12.7 Å². The molecule has 0 unspecified atom stereocenters. The zero-order valence-corrected chi connectivity index (χ0v) is 18.7. The van der Waals surface area contributed by atoms with Gasteiger partial charge < -0.3 is 5.32 Å². The highest BCUT2D eigenvalue weighted by molar-refractivity contribution is 8.00. The Balaban J connectivity index is 1.62. The van der Waals surface area contributed by atoms with Gasteiger partial charge in [0.1, 0.15) is 11.2 Å². The summed E-state index contributed by atoms with van der Waals surface area (Å²) in [6.45, 7) is 1.66. The van der Waals surface area contributed by atoms with E-state index < -0.39 is 0 Å². The van der Waals surface area contributed by atoms with E-state index in [9.17, 15) is 14.0 Å². The predicted molar refractivity (Wildman–Crippen MR) is 125 cm³/mol. The van der Waals surface area contributed by atoms with Gasteiger partial charge in [0.15, 0.2) is 0 Å². The lowest BCUT2D eigenvalue weighted by Gasteiger charge is -2.26. The Hall–Kier alpha value is -2.54. The number of nitrogens with zero attached hydrogens (tertiary/aromatic N) is 1. The zero-order chi connectivity index (χ0) is 22.1. The Morgan fingerprint density at radius 3 is 2.68 bits per heavy atom. The van der Waals surface area contributed by atoms with E-state index in [4.69, 9.17) is 23.2 Å². The fourth-order valence-electron chi connectivity index (χ4n) is 3.43. The number of hydrogen-bond acceptors (Lipinski definition) is 3. The second-order valence-corrected chi connectivity index (χ2v) is 8.93. The summed E-state index contributed by atoms with van der Waals surface area (Å²) >= 11 is 13.5. The number of anilines is 2. The minimum atomic E-state index is -0.369. The maximum Gasteiger partial charge on any atom is 0.257 e. The topological polar surface area (TPSA) is 49.4 Å². The highest BCUT2D eigenvalue weighted by Crippen LogP contribution is 2.43. The molecular formula is C23H17Cl2FN2O2S. The molecule has 2 amide bonds. The van der Waals surface area contributed by atoms with Crippen LogP contribution in [-0.2, 0) is 4.79 Å². The van der Waals surface area contributed by atoms with E-state index in [1.165, 1.54) is 23.9 Å². The van der Waals surface area contributed by atoms with Crippen molar-refractivity contribution in [1.82, 2.24) is 0 Å². The quantitative estimate of drug-likeness (QED) is 0.471. The fraction of sp³-hybridized carbons (Fsp3) is 0.130. The van der Waals surface area contributed by atoms with Crippen molar-refractivity contribution in [2.75, 3.05) is 16.0 Å². The molecule has 1 aliphatic rings. The van der Waals surface area contributed by atoms with Gasteiger partial charge in [0.25, 0.3) is 5.91 Å². The largest absolute Gasteiger partial charge is 0.322 e. The number of halogens is 3. The van der Waals surface area contributed by atoms with Crippen molar-refractivity contribution in [3.63, 3.8) is 0 Å². The van der Waals surface area contributed by atoms with Crippen molar-refractivity contribution in [2.45, 2.75) is 12.3 Å². The van der Waals surface area contributed by atoms with Crippen LogP contribution in [0.1, 0.15) is 26.9 Å². The van der Waals surface area contributed by atoms with Crippen LogP contribution in [0.3, 0.4) is 0 Å². The van der Waals surface area contributed by atoms with Gasteiger partial charge in [-0.25, -0.2) is 4.39 Å². The van der Waals surface area contributed by atoms with E-state index in [0.29, 0.717) is 27.5 Å². The van der Waals surface area contributed by atoms with Gasteiger partial charge in [0.05, 0.1) is 22.0 Å². The van der Waals surface area contributed by atoms with Gasteiger partial charge >= 0.3 is 0 Å². The molecular weight excluding hydrogens is 458 g/mol. The maximum atomic E-state index is 14.1. The van der Waals surface area contributed by atoms with Gasteiger partial charge in [0.2, 0.25) is 5.91 Å². The molecule has 1 heterocycles. The molecule has 3 aromatic carbocycles. The first-order valence-corrected chi connectivity index (χ1v) is 11.2. The van der Waals surface area contributed by atoms with Crippen LogP contribution in [-0.4, -0.2) is 17.6 Å².